The maximum Gasteiger partial charge on any atom is 0.314 e. The number of aryl methyl sites for hydroxylation is 1. The summed E-state index contributed by atoms with van der Waals surface area (Å²) in [7, 11) is 0. The van der Waals surface area contributed by atoms with Gasteiger partial charge in [0.25, 0.3) is 0 Å². The number of ether oxygens (including phenoxy) is 1. The predicted molar refractivity (Wildman–Crippen MR) is 103 cm³/mol. The molecule has 0 aromatic carbocycles. The number of hydrogen-bond donors (Lipinski definition) is 0. The van der Waals surface area contributed by atoms with Crippen molar-refractivity contribution in [3.05, 3.63) is 24.0 Å². The van der Waals surface area contributed by atoms with Crippen LogP contribution in [0.4, 0.5) is 0 Å². The smallest absolute Gasteiger partial charge is 0.314 e. The zero-order valence-corrected chi connectivity index (χ0v) is 16.1. The van der Waals surface area contributed by atoms with Gasteiger partial charge in [0.2, 0.25) is 0 Å². The van der Waals surface area contributed by atoms with E-state index in [0.717, 1.165) is 30.9 Å². The average molecular weight is 346 g/mol. The van der Waals surface area contributed by atoms with Crippen molar-refractivity contribution in [2.24, 2.45) is 11.8 Å². The van der Waals surface area contributed by atoms with Crippen LogP contribution in [0.2, 0.25) is 0 Å². The summed E-state index contributed by atoms with van der Waals surface area (Å²) in [5.74, 6) is 1.42. The van der Waals surface area contributed by atoms with Gasteiger partial charge in [0.15, 0.2) is 0 Å². The highest BCUT2D eigenvalue weighted by atomic mass is 16.5. The maximum atomic E-state index is 12.4. The molecular weight excluding hydrogens is 310 g/mol. The Morgan fingerprint density at radius 3 is 2.44 bits per heavy atom. The van der Waals surface area contributed by atoms with E-state index < -0.39 is 0 Å². The number of unbranched alkanes of at least 4 members (excludes halogenated alkanes) is 4. The zero-order valence-electron chi connectivity index (χ0n) is 16.1. The molecule has 1 saturated carbocycles. The Hall–Kier alpha value is -1.38. The molecular formula is C22H35NO2. The minimum Gasteiger partial charge on any atom is -0.425 e. The molecule has 1 heterocycles. The van der Waals surface area contributed by atoms with E-state index in [1.54, 1.807) is 6.20 Å². The van der Waals surface area contributed by atoms with Crippen molar-refractivity contribution < 1.29 is 9.53 Å². The molecule has 0 saturated heterocycles. The van der Waals surface area contributed by atoms with Crippen LogP contribution in [0.3, 0.4) is 0 Å². The Morgan fingerprint density at radius 2 is 1.80 bits per heavy atom. The van der Waals surface area contributed by atoms with E-state index in [4.69, 9.17) is 4.74 Å². The van der Waals surface area contributed by atoms with Gasteiger partial charge in [-0.2, -0.15) is 0 Å². The molecule has 0 radical (unpaired) electrons. The van der Waals surface area contributed by atoms with Gasteiger partial charge in [0.1, 0.15) is 5.75 Å². The lowest BCUT2D eigenvalue weighted by atomic mass is 9.80. The number of rotatable bonds is 10. The molecule has 0 spiro atoms. The Kier molecular flexibility index (Phi) is 8.99. The Bertz CT molecular complexity index is 489. The standard InChI is InChI=1S/C22H35NO2/c1-3-5-7-8-10-20-15-16-21(17-23-20)25-22(24)19-13-11-18(12-14-19)9-6-4-2/h15-19H,3-14H2,1-2H3. The van der Waals surface area contributed by atoms with Crippen LogP contribution < -0.4 is 4.74 Å². The Morgan fingerprint density at radius 1 is 1.04 bits per heavy atom. The number of nitrogens with zero attached hydrogens (tertiary/aromatic N) is 1. The predicted octanol–water partition coefficient (Wildman–Crippen LogP) is 6.11. The molecule has 25 heavy (non-hydrogen) atoms. The number of carbonyl (C=O) groups excluding carboxylic acids is 1. The first-order chi connectivity index (χ1) is 12.2. The molecule has 0 bridgehead atoms. The molecule has 0 amide bonds. The highest BCUT2D eigenvalue weighted by molar-refractivity contribution is 5.75. The molecule has 1 aromatic rings. The highest BCUT2D eigenvalue weighted by Crippen LogP contribution is 2.32. The molecule has 1 aliphatic rings. The molecule has 3 heteroatoms. The first-order valence-electron chi connectivity index (χ1n) is 10.4. The monoisotopic (exact) mass is 345 g/mol. The van der Waals surface area contributed by atoms with E-state index in [0.29, 0.717) is 5.75 Å². The maximum absolute atomic E-state index is 12.4. The summed E-state index contributed by atoms with van der Waals surface area (Å²) in [6.45, 7) is 4.46. The summed E-state index contributed by atoms with van der Waals surface area (Å²) in [6.07, 6.45) is 15.9. The number of carbonyl (C=O) groups is 1. The average Bonchev–Trinajstić information content (AvgIpc) is 2.65. The van der Waals surface area contributed by atoms with E-state index in [-0.39, 0.29) is 11.9 Å². The molecule has 1 aromatic heterocycles. The summed E-state index contributed by atoms with van der Waals surface area (Å²) in [4.78, 5) is 16.8. The summed E-state index contributed by atoms with van der Waals surface area (Å²) < 4.78 is 5.57. The van der Waals surface area contributed by atoms with Crippen LogP contribution in [0.5, 0.6) is 5.75 Å². The lowest BCUT2D eigenvalue weighted by Crippen LogP contribution is -2.25. The van der Waals surface area contributed by atoms with Gasteiger partial charge in [-0.25, -0.2) is 0 Å². The fourth-order valence-corrected chi connectivity index (χ4v) is 3.73. The highest BCUT2D eigenvalue weighted by Gasteiger charge is 2.27. The SMILES string of the molecule is CCCCCCc1ccc(OC(=O)C2CCC(CCCC)CC2)cn1. The number of pyridine rings is 1. The van der Waals surface area contributed by atoms with Crippen LogP contribution in [-0.4, -0.2) is 11.0 Å². The fourth-order valence-electron chi connectivity index (χ4n) is 3.73. The molecule has 0 atom stereocenters. The van der Waals surface area contributed by atoms with E-state index in [9.17, 15) is 4.79 Å². The van der Waals surface area contributed by atoms with E-state index >= 15 is 0 Å². The first kappa shape index (κ1) is 19.9. The number of esters is 1. The van der Waals surface area contributed by atoms with E-state index in [1.807, 2.05) is 12.1 Å². The topological polar surface area (TPSA) is 39.2 Å². The van der Waals surface area contributed by atoms with Gasteiger partial charge in [-0.1, -0.05) is 52.4 Å². The van der Waals surface area contributed by atoms with Gasteiger partial charge in [0.05, 0.1) is 12.1 Å². The fraction of sp³-hybridized carbons (Fsp3) is 0.727. The van der Waals surface area contributed by atoms with Crippen molar-refractivity contribution in [3.8, 4) is 5.75 Å². The zero-order chi connectivity index (χ0) is 17.9. The van der Waals surface area contributed by atoms with E-state index in [1.165, 1.54) is 57.8 Å². The summed E-state index contributed by atoms with van der Waals surface area (Å²) in [6, 6.07) is 3.89. The third-order valence-electron chi connectivity index (χ3n) is 5.45. The van der Waals surface area contributed by atoms with Gasteiger partial charge in [-0.15, -0.1) is 0 Å². The number of hydrogen-bond acceptors (Lipinski definition) is 3. The largest absolute Gasteiger partial charge is 0.425 e. The second kappa shape index (κ2) is 11.3. The molecule has 2 rings (SSSR count). The van der Waals surface area contributed by atoms with Crippen molar-refractivity contribution >= 4 is 5.97 Å². The molecule has 3 nitrogen and oxygen atoms in total. The minimum atomic E-state index is -0.0635. The molecule has 0 N–H and O–H groups in total. The Labute approximate surface area is 153 Å². The quantitative estimate of drug-likeness (QED) is 0.379. The van der Waals surface area contributed by atoms with Crippen molar-refractivity contribution in [1.82, 2.24) is 4.98 Å². The normalized spacial score (nSPS) is 20.4. The van der Waals surface area contributed by atoms with Crippen LogP contribution in [0.25, 0.3) is 0 Å². The second-order valence-electron chi connectivity index (χ2n) is 7.58. The third-order valence-corrected chi connectivity index (χ3v) is 5.45. The Balaban J connectivity index is 1.71. The van der Waals surface area contributed by atoms with Gasteiger partial charge in [0, 0.05) is 5.69 Å². The minimum absolute atomic E-state index is 0.0635. The molecule has 1 aliphatic carbocycles. The second-order valence-corrected chi connectivity index (χ2v) is 7.58. The number of aromatic nitrogens is 1. The van der Waals surface area contributed by atoms with Gasteiger partial charge < -0.3 is 4.74 Å². The molecule has 1 fully saturated rings. The van der Waals surface area contributed by atoms with E-state index in [2.05, 4.69) is 18.8 Å². The van der Waals surface area contributed by atoms with Gasteiger partial charge in [-0.05, 0) is 56.6 Å². The van der Waals surface area contributed by atoms with Crippen LogP contribution >= 0.6 is 0 Å². The van der Waals surface area contributed by atoms with Gasteiger partial charge >= 0.3 is 5.97 Å². The first-order valence-corrected chi connectivity index (χ1v) is 10.4. The molecule has 0 unspecified atom stereocenters. The van der Waals surface area contributed by atoms with Crippen LogP contribution in [-0.2, 0) is 11.2 Å². The lowest BCUT2D eigenvalue weighted by molar-refractivity contribution is -0.140. The van der Waals surface area contributed by atoms with Crippen molar-refractivity contribution in [3.63, 3.8) is 0 Å². The van der Waals surface area contributed by atoms with Crippen molar-refractivity contribution in [2.75, 3.05) is 0 Å². The van der Waals surface area contributed by atoms with Crippen LogP contribution in [0.15, 0.2) is 18.3 Å². The van der Waals surface area contributed by atoms with Gasteiger partial charge in [-0.3, -0.25) is 9.78 Å². The van der Waals surface area contributed by atoms with Crippen LogP contribution in [0.1, 0.15) is 90.2 Å². The van der Waals surface area contributed by atoms with Crippen molar-refractivity contribution in [1.29, 1.82) is 0 Å². The van der Waals surface area contributed by atoms with Crippen molar-refractivity contribution in [2.45, 2.75) is 90.9 Å². The molecule has 0 aliphatic heterocycles. The third kappa shape index (κ3) is 7.17. The summed E-state index contributed by atoms with van der Waals surface area (Å²) in [5.41, 5.74) is 1.09. The van der Waals surface area contributed by atoms with Crippen LogP contribution in [0, 0.1) is 11.8 Å². The lowest BCUT2D eigenvalue weighted by Gasteiger charge is -2.27. The molecule has 140 valence electrons. The summed E-state index contributed by atoms with van der Waals surface area (Å²) >= 11 is 0. The summed E-state index contributed by atoms with van der Waals surface area (Å²) in [5, 5.41) is 0.